The van der Waals surface area contributed by atoms with E-state index in [-0.39, 0.29) is 6.42 Å². The average Bonchev–Trinajstić information content (AvgIpc) is 2.98. The summed E-state index contributed by atoms with van der Waals surface area (Å²) in [5.74, 6) is 1.52. The van der Waals surface area contributed by atoms with Crippen molar-refractivity contribution in [3.8, 4) is 11.5 Å². The molecule has 0 aliphatic carbocycles. The number of nitrogens with two attached hydrogens (primary N) is 1. The van der Waals surface area contributed by atoms with Crippen molar-refractivity contribution in [2.24, 2.45) is 12.8 Å². The molecule has 0 saturated carbocycles. The van der Waals surface area contributed by atoms with Gasteiger partial charge >= 0.3 is 0 Å². The van der Waals surface area contributed by atoms with Gasteiger partial charge in [-0.15, -0.1) is 0 Å². The Hall–Kier alpha value is -3.39. The van der Waals surface area contributed by atoms with Gasteiger partial charge in [-0.3, -0.25) is 9.78 Å². The maximum absolute atomic E-state index is 11.1. The van der Waals surface area contributed by atoms with Crippen molar-refractivity contribution in [3.63, 3.8) is 0 Å². The van der Waals surface area contributed by atoms with Crippen LogP contribution >= 0.6 is 15.9 Å². The van der Waals surface area contributed by atoms with Gasteiger partial charge < -0.3 is 20.4 Å². The first kappa shape index (κ1) is 18.9. The number of anilines is 2. The molecule has 4 aromatic rings. The van der Waals surface area contributed by atoms with Gasteiger partial charge in [0.25, 0.3) is 0 Å². The van der Waals surface area contributed by atoms with Gasteiger partial charge in [-0.1, -0.05) is 15.9 Å². The zero-order valence-corrected chi connectivity index (χ0v) is 17.2. The van der Waals surface area contributed by atoms with E-state index in [2.05, 4.69) is 31.2 Å². The van der Waals surface area contributed by atoms with Crippen LogP contribution < -0.4 is 15.8 Å². The third kappa shape index (κ3) is 4.38. The third-order valence-electron chi connectivity index (χ3n) is 4.33. The number of amides is 1. The number of carbonyl (C=O) groups is 1. The van der Waals surface area contributed by atoms with Gasteiger partial charge in [0.2, 0.25) is 11.9 Å². The van der Waals surface area contributed by atoms with E-state index in [4.69, 9.17) is 10.5 Å². The number of fused-ring (bicyclic) bond motifs is 1. The van der Waals surface area contributed by atoms with Gasteiger partial charge in [-0.2, -0.15) is 0 Å². The molecule has 7 nitrogen and oxygen atoms in total. The first-order chi connectivity index (χ1) is 14.0. The molecule has 0 radical (unpaired) electrons. The maximum Gasteiger partial charge on any atom is 0.223 e. The second kappa shape index (κ2) is 7.92. The summed E-state index contributed by atoms with van der Waals surface area (Å²) < 4.78 is 8.93. The Labute approximate surface area is 175 Å². The summed E-state index contributed by atoms with van der Waals surface area (Å²) in [4.78, 5) is 19.9. The minimum absolute atomic E-state index is 0.0710. The van der Waals surface area contributed by atoms with Crippen molar-refractivity contribution in [2.75, 3.05) is 5.32 Å². The summed E-state index contributed by atoms with van der Waals surface area (Å²) in [6.45, 7) is 0. The van der Waals surface area contributed by atoms with E-state index < -0.39 is 5.91 Å². The molecule has 29 heavy (non-hydrogen) atoms. The standard InChI is InChI=1S/C21H18BrN5O2/c1-27-19-7-6-16(29-17-8-9-24-15(10-17)11-20(23)28)12-18(19)26-21(27)25-14-4-2-13(22)3-5-14/h2-10,12H,11H2,1H3,(H2,23,28)(H,25,26). The largest absolute Gasteiger partial charge is 0.457 e. The van der Waals surface area contributed by atoms with Crippen molar-refractivity contribution in [1.29, 1.82) is 0 Å². The van der Waals surface area contributed by atoms with E-state index in [1.807, 2.05) is 54.1 Å². The number of aromatic nitrogens is 3. The molecule has 2 aromatic heterocycles. The fourth-order valence-corrected chi connectivity index (χ4v) is 3.21. The van der Waals surface area contributed by atoms with Crippen LogP contribution in [0.3, 0.4) is 0 Å². The van der Waals surface area contributed by atoms with Gasteiger partial charge in [0.15, 0.2) is 0 Å². The zero-order chi connectivity index (χ0) is 20.4. The van der Waals surface area contributed by atoms with Gasteiger partial charge in [0.1, 0.15) is 11.5 Å². The zero-order valence-electron chi connectivity index (χ0n) is 15.6. The Morgan fingerprint density at radius 3 is 2.66 bits per heavy atom. The van der Waals surface area contributed by atoms with Crippen molar-refractivity contribution >= 4 is 44.5 Å². The monoisotopic (exact) mass is 451 g/mol. The van der Waals surface area contributed by atoms with E-state index in [0.29, 0.717) is 17.2 Å². The lowest BCUT2D eigenvalue weighted by Crippen LogP contribution is -2.14. The Balaban J connectivity index is 1.58. The van der Waals surface area contributed by atoms with Crippen molar-refractivity contribution in [3.05, 3.63) is 71.0 Å². The van der Waals surface area contributed by atoms with E-state index in [1.165, 1.54) is 0 Å². The van der Waals surface area contributed by atoms with Gasteiger partial charge in [0, 0.05) is 35.5 Å². The first-order valence-corrected chi connectivity index (χ1v) is 9.67. The number of nitrogens with zero attached hydrogens (tertiary/aromatic N) is 3. The molecular formula is C21H18BrN5O2. The number of benzene rings is 2. The van der Waals surface area contributed by atoms with Crippen LogP contribution in [0.5, 0.6) is 11.5 Å². The Kier molecular flexibility index (Phi) is 5.18. The summed E-state index contributed by atoms with van der Waals surface area (Å²) in [5, 5.41) is 3.32. The minimum atomic E-state index is -0.435. The fraction of sp³-hybridized carbons (Fsp3) is 0.0952. The number of halogens is 1. The second-order valence-corrected chi connectivity index (χ2v) is 7.42. The maximum atomic E-state index is 11.1. The summed E-state index contributed by atoms with van der Waals surface area (Å²) in [6, 6.07) is 17.0. The number of nitrogens with one attached hydrogen (secondary N) is 1. The number of pyridine rings is 1. The highest BCUT2D eigenvalue weighted by atomic mass is 79.9. The molecule has 4 rings (SSSR count). The molecule has 0 spiro atoms. The van der Waals surface area contributed by atoms with E-state index in [9.17, 15) is 4.79 Å². The number of carbonyl (C=O) groups excluding carboxylic acids is 1. The number of rotatable bonds is 6. The summed E-state index contributed by atoms with van der Waals surface area (Å²) in [5.41, 5.74) is 8.52. The SMILES string of the molecule is Cn1c(Nc2ccc(Br)cc2)nc2cc(Oc3ccnc(CC(N)=O)c3)ccc21. The molecular weight excluding hydrogens is 434 g/mol. The number of ether oxygens (including phenoxy) is 1. The number of hydrogen-bond acceptors (Lipinski definition) is 5. The van der Waals surface area contributed by atoms with Crippen LogP contribution in [0.25, 0.3) is 11.0 Å². The van der Waals surface area contributed by atoms with Crippen LogP contribution in [-0.4, -0.2) is 20.4 Å². The van der Waals surface area contributed by atoms with Crippen molar-refractivity contribution < 1.29 is 9.53 Å². The Bertz CT molecular complexity index is 1190. The van der Waals surface area contributed by atoms with Gasteiger partial charge in [-0.05, 0) is 42.5 Å². The number of primary amides is 1. The molecule has 2 aromatic carbocycles. The Morgan fingerprint density at radius 2 is 1.90 bits per heavy atom. The molecule has 1 amide bonds. The highest BCUT2D eigenvalue weighted by molar-refractivity contribution is 9.10. The number of imidazole rings is 1. The molecule has 0 aliphatic rings. The molecule has 3 N–H and O–H groups in total. The van der Waals surface area contributed by atoms with Crippen molar-refractivity contribution in [1.82, 2.24) is 14.5 Å². The summed E-state index contributed by atoms with van der Waals surface area (Å²) >= 11 is 3.44. The minimum Gasteiger partial charge on any atom is -0.457 e. The normalized spacial score (nSPS) is 10.8. The van der Waals surface area contributed by atoms with E-state index >= 15 is 0 Å². The van der Waals surface area contributed by atoms with E-state index in [0.717, 1.165) is 27.1 Å². The lowest BCUT2D eigenvalue weighted by Gasteiger charge is -2.07. The predicted molar refractivity (Wildman–Crippen MR) is 115 cm³/mol. The Morgan fingerprint density at radius 1 is 1.14 bits per heavy atom. The lowest BCUT2D eigenvalue weighted by atomic mass is 10.2. The second-order valence-electron chi connectivity index (χ2n) is 6.50. The van der Waals surface area contributed by atoms with Crippen LogP contribution in [0.2, 0.25) is 0 Å². The van der Waals surface area contributed by atoms with E-state index in [1.54, 1.807) is 18.3 Å². The van der Waals surface area contributed by atoms with Gasteiger partial charge in [-0.25, -0.2) is 4.98 Å². The molecule has 0 saturated heterocycles. The highest BCUT2D eigenvalue weighted by Crippen LogP contribution is 2.28. The quantitative estimate of drug-likeness (QED) is 0.455. The molecule has 146 valence electrons. The van der Waals surface area contributed by atoms with Crippen molar-refractivity contribution in [2.45, 2.75) is 6.42 Å². The van der Waals surface area contributed by atoms with Crippen LogP contribution in [0.15, 0.2) is 65.3 Å². The third-order valence-corrected chi connectivity index (χ3v) is 4.86. The van der Waals surface area contributed by atoms with Crippen LogP contribution in [0.4, 0.5) is 11.6 Å². The molecule has 0 unspecified atom stereocenters. The number of hydrogen-bond donors (Lipinski definition) is 2. The van der Waals surface area contributed by atoms with Crippen LogP contribution in [-0.2, 0) is 18.3 Å². The van der Waals surface area contributed by atoms with Crippen LogP contribution in [0, 0.1) is 0 Å². The average molecular weight is 452 g/mol. The molecule has 8 heteroatoms. The van der Waals surface area contributed by atoms with Crippen LogP contribution in [0.1, 0.15) is 5.69 Å². The topological polar surface area (TPSA) is 95.1 Å². The first-order valence-electron chi connectivity index (χ1n) is 8.88. The molecule has 0 fully saturated rings. The number of aryl methyl sites for hydroxylation is 1. The summed E-state index contributed by atoms with van der Waals surface area (Å²) in [6.07, 6.45) is 1.66. The molecule has 0 bridgehead atoms. The fourth-order valence-electron chi connectivity index (χ4n) is 2.95. The van der Waals surface area contributed by atoms with Gasteiger partial charge in [0.05, 0.1) is 23.1 Å². The summed E-state index contributed by atoms with van der Waals surface area (Å²) in [7, 11) is 1.95. The molecule has 2 heterocycles. The lowest BCUT2D eigenvalue weighted by molar-refractivity contribution is -0.117. The highest BCUT2D eigenvalue weighted by Gasteiger charge is 2.10. The predicted octanol–water partition coefficient (Wildman–Crippen LogP) is 4.29. The molecule has 0 aliphatic heterocycles. The molecule has 0 atom stereocenters. The smallest absolute Gasteiger partial charge is 0.223 e.